The van der Waals surface area contributed by atoms with E-state index in [0.717, 1.165) is 0 Å². The molecule has 0 aromatic heterocycles. The Labute approximate surface area is 115 Å². The number of likely N-dealkylation sites (N-methyl/N-ethyl adjacent to an activating group) is 1. The minimum atomic E-state index is -0.854. The molecular weight excluding hydrogens is 244 g/mol. The lowest BCUT2D eigenvalue weighted by molar-refractivity contribution is -0.139. The first-order chi connectivity index (χ1) is 8.96. The topological polar surface area (TPSA) is 60.9 Å². The van der Waals surface area contributed by atoms with E-state index in [9.17, 15) is 9.59 Å². The van der Waals surface area contributed by atoms with Gasteiger partial charge in [-0.05, 0) is 13.5 Å². The number of nitrogens with zero attached hydrogens (tertiary/aromatic N) is 2. The van der Waals surface area contributed by atoms with Gasteiger partial charge in [-0.15, -0.1) is 13.2 Å². The minimum absolute atomic E-state index is 0.0318. The van der Waals surface area contributed by atoms with Crippen molar-refractivity contribution in [1.82, 2.24) is 9.80 Å². The fraction of sp³-hybridized carbons (Fsp3) is 0.571. The Hall–Kier alpha value is -1.62. The van der Waals surface area contributed by atoms with Gasteiger partial charge in [0.2, 0.25) is 5.91 Å². The van der Waals surface area contributed by atoms with E-state index in [-0.39, 0.29) is 24.9 Å². The van der Waals surface area contributed by atoms with Gasteiger partial charge in [0.25, 0.3) is 0 Å². The highest BCUT2D eigenvalue weighted by Gasteiger charge is 2.20. The summed E-state index contributed by atoms with van der Waals surface area (Å²) in [7, 11) is 0. The van der Waals surface area contributed by atoms with Crippen molar-refractivity contribution in [3.05, 3.63) is 25.3 Å². The molecule has 0 bridgehead atoms. The van der Waals surface area contributed by atoms with Crippen molar-refractivity contribution in [2.24, 2.45) is 0 Å². The van der Waals surface area contributed by atoms with Gasteiger partial charge >= 0.3 is 5.97 Å². The highest BCUT2D eigenvalue weighted by molar-refractivity contribution is 5.78. The number of carboxylic acid groups (broad SMARTS) is 1. The third-order valence-corrected chi connectivity index (χ3v) is 2.89. The van der Waals surface area contributed by atoms with Crippen LogP contribution in [0, 0.1) is 0 Å². The van der Waals surface area contributed by atoms with Crippen molar-refractivity contribution < 1.29 is 14.7 Å². The van der Waals surface area contributed by atoms with Gasteiger partial charge in [0.15, 0.2) is 0 Å². The third-order valence-electron chi connectivity index (χ3n) is 2.89. The van der Waals surface area contributed by atoms with Crippen LogP contribution in [0.4, 0.5) is 0 Å². The van der Waals surface area contributed by atoms with Gasteiger partial charge in [0, 0.05) is 19.1 Å². The first kappa shape index (κ1) is 17.4. The van der Waals surface area contributed by atoms with Crippen molar-refractivity contribution in [3.8, 4) is 0 Å². The fourth-order valence-corrected chi connectivity index (χ4v) is 1.82. The zero-order valence-electron chi connectivity index (χ0n) is 11.8. The zero-order chi connectivity index (χ0) is 14.8. The Balaban J connectivity index is 4.57. The van der Waals surface area contributed by atoms with Crippen LogP contribution in [0.5, 0.6) is 0 Å². The van der Waals surface area contributed by atoms with E-state index in [0.29, 0.717) is 19.6 Å². The summed E-state index contributed by atoms with van der Waals surface area (Å²) in [5.41, 5.74) is 0. The molecule has 0 rings (SSSR count). The number of aliphatic carboxylic acids is 1. The van der Waals surface area contributed by atoms with E-state index in [2.05, 4.69) is 13.2 Å². The van der Waals surface area contributed by atoms with Crippen LogP contribution in [0.3, 0.4) is 0 Å². The molecule has 108 valence electrons. The molecule has 0 aliphatic rings. The average molecular weight is 268 g/mol. The lowest BCUT2D eigenvalue weighted by Gasteiger charge is -2.29. The molecule has 1 unspecified atom stereocenters. The highest BCUT2D eigenvalue weighted by Crippen LogP contribution is 2.05. The van der Waals surface area contributed by atoms with Gasteiger partial charge in [-0.25, -0.2) is 0 Å². The predicted octanol–water partition coefficient (Wildman–Crippen LogP) is 1.37. The molecule has 0 aromatic carbocycles. The molecule has 19 heavy (non-hydrogen) atoms. The van der Waals surface area contributed by atoms with Crippen LogP contribution in [-0.2, 0) is 9.59 Å². The number of carbonyl (C=O) groups is 2. The zero-order valence-corrected chi connectivity index (χ0v) is 11.8. The van der Waals surface area contributed by atoms with Crippen molar-refractivity contribution in [2.45, 2.75) is 26.3 Å². The van der Waals surface area contributed by atoms with Gasteiger partial charge in [-0.2, -0.15) is 0 Å². The molecule has 5 heteroatoms. The van der Waals surface area contributed by atoms with Crippen molar-refractivity contribution in [2.75, 3.05) is 26.2 Å². The molecule has 1 atom stereocenters. The molecule has 0 radical (unpaired) electrons. The number of hydrogen-bond acceptors (Lipinski definition) is 3. The van der Waals surface area contributed by atoms with Crippen molar-refractivity contribution in [1.29, 1.82) is 0 Å². The predicted molar refractivity (Wildman–Crippen MR) is 75.9 cm³/mol. The summed E-state index contributed by atoms with van der Waals surface area (Å²) in [5.74, 6) is -0.897. The molecule has 5 nitrogen and oxygen atoms in total. The number of rotatable bonds is 10. The minimum Gasteiger partial charge on any atom is -0.481 e. The second-order valence-corrected chi connectivity index (χ2v) is 4.39. The van der Waals surface area contributed by atoms with E-state index in [1.165, 1.54) is 0 Å². The molecule has 1 amide bonds. The first-order valence-electron chi connectivity index (χ1n) is 6.41. The maximum atomic E-state index is 12.1. The molecule has 0 fully saturated rings. The molecule has 1 N–H and O–H groups in total. The maximum Gasteiger partial charge on any atom is 0.304 e. The quantitative estimate of drug-likeness (QED) is 0.608. The largest absolute Gasteiger partial charge is 0.481 e. The molecule has 0 aromatic rings. The Bertz CT molecular complexity index is 319. The van der Waals surface area contributed by atoms with Gasteiger partial charge in [-0.1, -0.05) is 19.1 Å². The molecule has 0 spiro atoms. The van der Waals surface area contributed by atoms with E-state index < -0.39 is 5.97 Å². The van der Waals surface area contributed by atoms with E-state index in [1.807, 2.05) is 18.7 Å². The van der Waals surface area contributed by atoms with Gasteiger partial charge in [0.05, 0.1) is 13.0 Å². The molecule has 0 saturated carbocycles. The summed E-state index contributed by atoms with van der Waals surface area (Å²) in [6.45, 7) is 12.8. The third kappa shape index (κ3) is 6.76. The van der Waals surface area contributed by atoms with Crippen LogP contribution in [-0.4, -0.2) is 59.0 Å². The summed E-state index contributed by atoms with van der Waals surface area (Å²) >= 11 is 0. The molecular formula is C14H24N2O3. The Morgan fingerprint density at radius 2 is 1.79 bits per heavy atom. The molecule has 0 aliphatic carbocycles. The van der Waals surface area contributed by atoms with Crippen LogP contribution in [0.1, 0.15) is 20.3 Å². The Kier molecular flexibility index (Phi) is 8.53. The van der Waals surface area contributed by atoms with Crippen LogP contribution in [0.2, 0.25) is 0 Å². The lowest BCUT2D eigenvalue weighted by atomic mass is 10.2. The summed E-state index contributed by atoms with van der Waals surface area (Å²) in [6.07, 6.45) is 3.36. The number of carboxylic acids is 1. The summed E-state index contributed by atoms with van der Waals surface area (Å²) in [6, 6.07) is -0.166. The lowest BCUT2D eigenvalue weighted by Crippen LogP contribution is -2.44. The number of carbonyl (C=O) groups excluding carboxylic acids is 1. The monoisotopic (exact) mass is 268 g/mol. The van der Waals surface area contributed by atoms with Crippen molar-refractivity contribution in [3.63, 3.8) is 0 Å². The van der Waals surface area contributed by atoms with Crippen LogP contribution >= 0.6 is 0 Å². The first-order valence-corrected chi connectivity index (χ1v) is 6.41. The SMILES string of the molecule is C=CCN(CC=C)C(=O)CN(CC)C(C)CC(=O)O. The van der Waals surface area contributed by atoms with Gasteiger partial charge in [0.1, 0.15) is 0 Å². The van der Waals surface area contributed by atoms with Crippen LogP contribution in [0.15, 0.2) is 25.3 Å². The Morgan fingerprint density at radius 3 is 2.16 bits per heavy atom. The fourth-order valence-electron chi connectivity index (χ4n) is 1.82. The summed E-state index contributed by atoms with van der Waals surface area (Å²) < 4.78 is 0. The van der Waals surface area contributed by atoms with Gasteiger partial charge < -0.3 is 10.0 Å². The second-order valence-electron chi connectivity index (χ2n) is 4.39. The number of amides is 1. The smallest absolute Gasteiger partial charge is 0.304 e. The van der Waals surface area contributed by atoms with E-state index in [1.54, 1.807) is 17.1 Å². The van der Waals surface area contributed by atoms with Crippen LogP contribution < -0.4 is 0 Å². The summed E-state index contributed by atoms with van der Waals surface area (Å²) in [4.78, 5) is 26.3. The highest BCUT2D eigenvalue weighted by atomic mass is 16.4. The van der Waals surface area contributed by atoms with E-state index in [4.69, 9.17) is 5.11 Å². The summed E-state index contributed by atoms with van der Waals surface area (Å²) in [5, 5.41) is 8.79. The number of hydrogen-bond donors (Lipinski definition) is 1. The second kappa shape index (κ2) is 9.33. The van der Waals surface area contributed by atoms with E-state index >= 15 is 0 Å². The average Bonchev–Trinajstić information content (AvgIpc) is 2.34. The normalized spacial score (nSPS) is 11.9. The molecule has 0 saturated heterocycles. The van der Waals surface area contributed by atoms with Crippen molar-refractivity contribution >= 4 is 11.9 Å². The van der Waals surface area contributed by atoms with Crippen LogP contribution in [0.25, 0.3) is 0 Å². The molecule has 0 aliphatic heterocycles. The Morgan fingerprint density at radius 1 is 1.26 bits per heavy atom. The van der Waals surface area contributed by atoms with Gasteiger partial charge in [-0.3, -0.25) is 14.5 Å². The standard InChI is InChI=1S/C14H24N2O3/c1-5-8-16(9-6-2)13(17)11-15(7-3)12(4)10-14(18)19/h5-6,12H,1-2,7-11H2,3-4H3,(H,18,19). The molecule has 0 heterocycles. The maximum absolute atomic E-state index is 12.1.